The fourth-order valence-corrected chi connectivity index (χ4v) is 2.07. The lowest BCUT2D eigenvalue weighted by Crippen LogP contribution is -2.23. The van der Waals surface area contributed by atoms with Crippen molar-refractivity contribution < 1.29 is 20.1 Å². The summed E-state index contributed by atoms with van der Waals surface area (Å²) in [6, 6.07) is 9.68. The number of rotatable bonds is 5. The standard InChI is InChI=1S/C18H19NO4/c1-12-10-13(2-5-15(12)20)4-7-18(23)19-9-8-14-3-6-16(21)17(22)11-14/h2-7,10-11,20-22H,8-9H2,1H3,(H,19,23)/b7-4+. The molecule has 0 aliphatic carbocycles. The first kappa shape index (κ1) is 16.4. The number of phenols is 3. The summed E-state index contributed by atoms with van der Waals surface area (Å²) in [7, 11) is 0. The monoisotopic (exact) mass is 313 g/mol. The number of carbonyl (C=O) groups excluding carboxylic acids is 1. The molecule has 0 aliphatic heterocycles. The predicted octanol–water partition coefficient (Wildman–Crippen LogP) is 2.48. The average molecular weight is 313 g/mol. The van der Waals surface area contributed by atoms with Gasteiger partial charge in [0.2, 0.25) is 5.91 Å². The van der Waals surface area contributed by atoms with Crippen LogP contribution >= 0.6 is 0 Å². The van der Waals surface area contributed by atoms with E-state index in [2.05, 4.69) is 5.32 Å². The van der Waals surface area contributed by atoms with Crippen LogP contribution in [-0.2, 0) is 11.2 Å². The lowest BCUT2D eigenvalue weighted by molar-refractivity contribution is -0.116. The van der Waals surface area contributed by atoms with Gasteiger partial charge in [0.25, 0.3) is 0 Å². The minimum Gasteiger partial charge on any atom is -0.508 e. The van der Waals surface area contributed by atoms with Gasteiger partial charge in [-0.25, -0.2) is 0 Å². The number of carbonyl (C=O) groups is 1. The van der Waals surface area contributed by atoms with Crippen LogP contribution in [0, 0.1) is 6.92 Å². The van der Waals surface area contributed by atoms with Crippen LogP contribution in [0.4, 0.5) is 0 Å². The molecule has 0 unspecified atom stereocenters. The van der Waals surface area contributed by atoms with E-state index in [-0.39, 0.29) is 23.2 Å². The van der Waals surface area contributed by atoms with Crippen LogP contribution in [0.3, 0.4) is 0 Å². The summed E-state index contributed by atoms with van der Waals surface area (Å²) in [5.41, 5.74) is 2.40. The van der Waals surface area contributed by atoms with Gasteiger partial charge in [-0.2, -0.15) is 0 Å². The Morgan fingerprint density at radius 2 is 1.78 bits per heavy atom. The zero-order valence-corrected chi connectivity index (χ0v) is 12.8. The minimum atomic E-state index is -0.223. The molecule has 0 saturated heterocycles. The summed E-state index contributed by atoms with van der Waals surface area (Å²) in [6.45, 7) is 2.21. The van der Waals surface area contributed by atoms with Crippen LogP contribution in [0.2, 0.25) is 0 Å². The molecule has 0 aromatic heterocycles. The Morgan fingerprint density at radius 3 is 2.48 bits per heavy atom. The van der Waals surface area contributed by atoms with Gasteiger partial charge in [-0.15, -0.1) is 0 Å². The Kier molecular flexibility index (Phi) is 5.25. The number of amides is 1. The zero-order chi connectivity index (χ0) is 16.8. The fraction of sp³-hybridized carbons (Fsp3) is 0.167. The van der Waals surface area contributed by atoms with Crippen molar-refractivity contribution in [3.05, 3.63) is 59.2 Å². The highest BCUT2D eigenvalue weighted by atomic mass is 16.3. The van der Waals surface area contributed by atoms with E-state index in [0.717, 1.165) is 16.7 Å². The van der Waals surface area contributed by atoms with Gasteiger partial charge in [-0.05, 0) is 60.4 Å². The molecule has 5 heteroatoms. The van der Waals surface area contributed by atoms with Gasteiger partial charge in [0.15, 0.2) is 11.5 Å². The molecule has 0 radical (unpaired) electrons. The lowest BCUT2D eigenvalue weighted by Gasteiger charge is -2.04. The number of aromatic hydroxyl groups is 3. The van der Waals surface area contributed by atoms with Crippen molar-refractivity contribution >= 4 is 12.0 Å². The van der Waals surface area contributed by atoms with E-state index in [1.165, 1.54) is 18.2 Å². The molecule has 2 aromatic carbocycles. The zero-order valence-electron chi connectivity index (χ0n) is 12.8. The Labute approximate surface area is 134 Å². The van der Waals surface area contributed by atoms with Crippen molar-refractivity contribution in [2.45, 2.75) is 13.3 Å². The SMILES string of the molecule is Cc1cc(/C=C/C(=O)NCCc2ccc(O)c(O)c2)ccc1O. The molecule has 4 N–H and O–H groups in total. The van der Waals surface area contributed by atoms with Crippen molar-refractivity contribution in [2.24, 2.45) is 0 Å². The Hall–Kier alpha value is -2.95. The Bertz CT molecular complexity index is 738. The summed E-state index contributed by atoms with van der Waals surface area (Å²) >= 11 is 0. The maximum atomic E-state index is 11.7. The second-order valence-electron chi connectivity index (χ2n) is 5.24. The second kappa shape index (κ2) is 7.35. The average Bonchev–Trinajstić information content (AvgIpc) is 2.52. The molecule has 2 aromatic rings. The fourth-order valence-electron chi connectivity index (χ4n) is 2.07. The molecule has 0 fully saturated rings. The first-order chi connectivity index (χ1) is 11.0. The minimum absolute atomic E-state index is 0.162. The third-order valence-electron chi connectivity index (χ3n) is 3.40. The van der Waals surface area contributed by atoms with Gasteiger partial charge >= 0.3 is 0 Å². The molecule has 120 valence electrons. The molecular weight excluding hydrogens is 294 g/mol. The van der Waals surface area contributed by atoms with E-state index < -0.39 is 0 Å². The summed E-state index contributed by atoms with van der Waals surface area (Å²) in [4.78, 5) is 11.7. The van der Waals surface area contributed by atoms with Crippen LogP contribution in [0.1, 0.15) is 16.7 Å². The molecule has 0 atom stereocenters. The third kappa shape index (κ3) is 4.78. The molecule has 5 nitrogen and oxygen atoms in total. The number of aryl methyl sites for hydroxylation is 1. The van der Waals surface area contributed by atoms with Gasteiger partial charge in [-0.1, -0.05) is 12.1 Å². The van der Waals surface area contributed by atoms with Crippen LogP contribution in [-0.4, -0.2) is 27.8 Å². The normalized spacial score (nSPS) is 10.8. The number of benzene rings is 2. The van der Waals surface area contributed by atoms with E-state index in [1.54, 1.807) is 37.3 Å². The number of hydrogen-bond donors (Lipinski definition) is 4. The molecule has 0 heterocycles. The maximum absolute atomic E-state index is 11.7. The lowest BCUT2D eigenvalue weighted by atomic mass is 10.1. The Morgan fingerprint density at radius 1 is 1.04 bits per heavy atom. The molecule has 1 amide bonds. The highest BCUT2D eigenvalue weighted by Gasteiger charge is 2.02. The topological polar surface area (TPSA) is 89.8 Å². The van der Waals surface area contributed by atoms with Crippen LogP contribution in [0.5, 0.6) is 17.2 Å². The summed E-state index contributed by atoms with van der Waals surface area (Å²) in [5.74, 6) is -0.330. The summed E-state index contributed by atoms with van der Waals surface area (Å²) in [6.07, 6.45) is 3.65. The molecule has 2 rings (SSSR count). The van der Waals surface area contributed by atoms with Crippen molar-refractivity contribution in [3.63, 3.8) is 0 Å². The first-order valence-electron chi connectivity index (χ1n) is 7.22. The largest absolute Gasteiger partial charge is 0.508 e. The molecular formula is C18H19NO4. The predicted molar refractivity (Wildman–Crippen MR) is 88.4 cm³/mol. The van der Waals surface area contributed by atoms with E-state index in [4.69, 9.17) is 0 Å². The second-order valence-corrected chi connectivity index (χ2v) is 5.24. The quantitative estimate of drug-likeness (QED) is 0.504. The maximum Gasteiger partial charge on any atom is 0.244 e. The van der Waals surface area contributed by atoms with Gasteiger partial charge in [0, 0.05) is 12.6 Å². The molecule has 0 saturated carbocycles. The van der Waals surface area contributed by atoms with Gasteiger partial charge in [0.1, 0.15) is 5.75 Å². The van der Waals surface area contributed by atoms with Crippen molar-refractivity contribution in [2.75, 3.05) is 6.54 Å². The number of hydrogen-bond acceptors (Lipinski definition) is 4. The summed E-state index contributed by atoms with van der Waals surface area (Å²) < 4.78 is 0. The first-order valence-corrected chi connectivity index (χ1v) is 7.22. The van der Waals surface area contributed by atoms with Gasteiger partial charge in [-0.3, -0.25) is 4.79 Å². The smallest absolute Gasteiger partial charge is 0.244 e. The third-order valence-corrected chi connectivity index (χ3v) is 3.40. The molecule has 0 bridgehead atoms. The Balaban J connectivity index is 1.83. The molecule has 0 aliphatic rings. The van der Waals surface area contributed by atoms with Crippen LogP contribution < -0.4 is 5.32 Å². The van der Waals surface area contributed by atoms with Crippen LogP contribution in [0.15, 0.2) is 42.5 Å². The van der Waals surface area contributed by atoms with E-state index in [0.29, 0.717) is 13.0 Å². The van der Waals surface area contributed by atoms with Gasteiger partial charge in [0.05, 0.1) is 0 Å². The van der Waals surface area contributed by atoms with Crippen molar-refractivity contribution in [1.29, 1.82) is 0 Å². The molecule has 23 heavy (non-hydrogen) atoms. The van der Waals surface area contributed by atoms with E-state index in [1.807, 2.05) is 0 Å². The highest BCUT2D eigenvalue weighted by Crippen LogP contribution is 2.24. The van der Waals surface area contributed by atoms with Crippen LogP contribution in [0.25, 0.3) is 6.08 Å². The van der Waals surface area contributed by atoms with E-state index >= 15 is 0 Å². The van der Waals surface area contributed by atoms with Crippen molar-refractivity contribution in [3.8, 4) is 17.2 Å². The summed E-state index contributed by atoms with van der Waals surface area (Å²) in [5, 5.41) is 30.8. The molecule has 0 spiro atoms. The number of phenolic OH excluding ortho intramolecular Hbond substituents is 3. The number of nitrogens with one attached hydrogen (secondary N) is 1. The van der Waals surface area contributed by atoms with Gasteiger partial charge < -0.3 is 20.6 Å². The highest BCUT2D eigenvalue weighted by molar-refractivity contribution is 5.91. The van der Waals surface area contributed by atoms with E-state index in [9.17, 15) is 20.1 Å². The van der Waals surface area contributed by atoms with Crippen molar-refractivity contribution in [1.82, 2.24) is 5.32 Å².